The van der Waals surface area contributed by atoms with Crippen molar-refractivity contribution in [2.45, 2.75) is 32.2 Å². The number of anilines is 1. The molecule has 0 aliphatic carbocycles. The van der Waals surface area contributed by atoms with Gasteiger partial charge in [0.15, 0.2) is 11.5 Å². The number of rotatable bonds is 7. The van der Waals surface area contributed by atoms with Crippen LogP contribution in [-0.2, 0) is 4.74 Å². The van der Waals surface area contributed by atoms with E-state index in [1.54, 1.807) is 43.5 Å². The minimum Gasteiger partial charge on any atom is -0.465 e. The Kier molecular flexibility index (Phi) is 7.95. The van der Waals surface area contributed by atoms with Gasteiger partial charge in [-0.25, -0.2) is 24.2 Å². The monoisotopic (exact) mass is 554 g/mol. The highest BCUT2D eigenvalue weighted by atomic mass is 16.5. The third kappa shape index (κ3) is 5.74. The second kappa shape index (κ2) is 11.9. The van der Waals surface area contributed by atoms with Crippen LogP contribution in [0, 0.1) is 0 Å². The number of nitrogens with one attached hydrogen (secondary N) is 1. The van der Waals surface area contributed by atoms with Gasteiger partial charge in [-0.05, 0) is 61.6 Å². The molecule has 3 heterocycles. The van der Waals surface area contributed by atoms with E-state index in [0.29, 0.717) is 29.9 Å². The average Bonchev–Trinajstić information content (AvgIpc) is 3.34. The van der Waals surface area contributed by atoms with Crippen molar-refractivity contribution in [1.82, 2.24) is 19.5 Å². The Morgan fingerprint density at radius 3 is 2.49 bits per heavy atom. The van der Waals surface area contributed by atoms with Crippen LogP contribution < -0.4 is 11.2 Å². The number of carbonyl (C=O) groups excluding carboxylic acids is 2. The molecule has 4 aromatic rings. The molecule has 41 heavy (non-hydrogen) atoms. The summed E-state index contributed by atoms with van der Waals surface area (Å²) < 4.78 is 6.37. The maximum absolute atomic E-state index is 13.0. The standard InChI is InChI=1S/C30H30N6O5/c1-2-41-29(38)26-25(34-27(36(26)31)23-10-6-7-17-35(23)30(39)40)20-11-13-21(14-12-20)28(37)33-24-18-22(15-16-32-24)19-8-4-3-5-9-19/h3-5,8-9,11-16,18,23H,2,6-7,10,17,31H2,1H3,(H,39,40)(H,32,33,37)/t23-/m0/s1. The summed E-state index contributed by atoms with van der Waals surface area (Å²) in [5, 5.41) is 12.5. The molecule has 1 saturated heterocycles. The van der Waals surface area contributed by atoms with Crippen LogP contribution in [0.1, 0.15) is 58.9 Å². The third-order valence-corrected chi connectivity index (χ3v) is 6.98. The lowest BCUT2D eigenvalue weighted by Gasteiger charge is -2.32. The number of likely N-dealkylation sites (tertiary alicyclic amines) is 1. The molecule has 5 rings (SSSR count). The van der Waals surface area contributed by atoms with Gasteiger partial charge in [0.05, 0.1) is 12.6 Å². The number of nitrogens with two attached hydrogens (primary N) is 1. The van der Waals surface area contributed by atoms with E-state index in [1.165, 1.54) is 4.90 Å². The number of carboxylic acid groups (broad SMARTS) is 1. The zero-order valence-corrected chi connectivity index (χ0v) is 22.5. The van der Waals surface area contributed by atoms with Gasteiger partial charge in [-0.1, -0.05) is 42.5 Å². The second-order valence-electron chi connectivity index (χ2n) is 9.57. The number of hydrogen-bond acceptors (Lipinski definition) is 7. The summed E-state index contributed by atoms with van der Waals surface area (Å²) in [6, 6.07) is 19.4. The zero-order valence-electron chi connectivity index (χ0n) is 22.5. The van der Waals surface area contributed by atoms with Crippen LogP contribution in [0.4, 0.5) is 10.6 Å². The Labute approximate surface area is 236 Å². The normalized spacial score (nSPS) is 14.9. The van der Waals surface area contributed by atoms with Crippen LogP contribution >= 0.6 is 0 Å². The molecule has 1 aliphatic rings. The van der Waals surface area contributed by atoms with Gasteiger partial charge in [-0.2, -0.15) is 0 Å². The Balaban J connectivity index is 1.42. The average molecular weight is 555 g/mol. The number of nitrogen functional groups attached to an aromatic ring is 1. The number of amides is 2. The maximum Gasteiger partial charge on any atom is 0.407 e. The highest BCUT2D eigenvalue weighted by Crippen LogP contribution is 2.34. The van der Waals surface area contributed by atoms with Crippen molar-refractivity contribution in [2.75, 3.05) is 24.3 Å². The number of carbonyl (C=O) groups is 3. The number of piperidine rings is 1. The van der Waals surface area contributed by atoms with Gasteiger partial charge in [0.1, 0.15) is 11.5 Å². The predicted molar refractivity (Wildman–Crippen MR) is 153 cm³/mol. The van der Waals surface area contributed by atoms with Crippen molar-refractivity contribution in [3.05, 3.63) is 90.0 Å². The van der Waals surface area contributed by atoms with E-state index in [4.69, 9.17) is 10.6 Å². The Morgan fingerprint density at radius 1 is 1.02 bits per heavy atom. The molecule has 2 amide bonds. The molecule has 0 radical (unpaired) electrons. The van der Waals surface area contributed by atoms with E-state index < -0.39 is 18.1 Å². The molecule has 1 aliphatic heterocycles. The largest absolute Gasteiger partial charge is 0.465 e. The number of benzene rings is 2. The van der Waals surface area contributed by atoms with Gasteiger partial charge >= 0.3 is 12.1 Å². The summed E-state index contributed by atoms with van der Waals surface area (Å²) in [7, 11) is 0. The van der Waals surface area contributed by atoms with E-state index >= 15 is 0 Å². The van der Waals surface area contributed by atoms with Crippen LogP contribution in [0.15, 0.2) is 72.9 Å². The van der Waals surface area contributed by atoms with Crippen molar-refractivity contribution in [3.8, 4) is 22.4 Å². The number of imidazole rings is 1. The van der Waals surface area contributed by atoms with E-state index in [2.05, 4.69) is 15.3 Å². The molecular weight excluding hydrogens is 524 g/mol. The number of esters is 1. The van der Waals surface area contributed by atoms with Gasteiger partial charge in [-0.3, -0.25) is 9.69 Å². The summed E-state index contributed by atoms with van der Waals surface area (Å²) in [6.07, 6.45) is 2.63. The predicted octanol–water partition coefficient (Wildman–Crippen LogP) is 4.96. The topological polar surface area (TPSA) is 153 Å². The van der Waals surface area contributed by atoms with Gasteiger partial charge in [0, 0.05) is 23.9 Å². The van der Waals surface area contributed by atoms with Crippen LogP contribution in [0.2, 0.25) is 0 Å². The van der Waals surface area contributed by atoms with Crippen LogP contribution in [0.25, 0.3) is 22.4 Å². The van der Waals surface area contributed by atoms with Gasteiger partial charge < -0.3 is 21.0 Å². The fourth-order valence-electron chi connectivity index (χ4n) is 4.99. The van der Waals surface area contributed by atoms with Crippen molar-refractivity contribution in [3.63, 3.8) is 0 Å². The molecule has 210 valence electrons. The van der Waals surface area contributed by atoms with Crippen LogP contribution in [-0.4, -0.2) is 55.8 Å². The zero-order chi connectivity index (χ0) is 28.9. The number of nitrogens with zero attached hydrogens (tertiary/aromatic N) is 4. The molecule has 0 unspecified atom stereocenters. The lowest BCUT2D eigenvalue weighted by atomic mass is 10.0. The molecule has 0 bridgehead atoms. The third-order valence-electron chi connectivity index (χ3n) is 6.98. The van der Waals surface area contributed by atoms with Crippen molar-refractivity contribution in [1.29, 1.82) is 0 Å². The van der Waals surface area contributed by atoms with E-state index in [1.807, 2.05) is 36.4 Å². The number of ether oxygens (including phenoxy) is 1. The molecular formula is C30H30N6O5. The van der Waals surface area contributed by atoms with E-state index in [9.17, 15) is 19.5 Å². The number of hydrogen-bond donors (Lipinski definition) is 3. The molecule has 1 atom stereocenters. The highest BCUT2D eigenvalue weighted by Gasteiger charge is 2.34. The minimum atomic E-state index is -1.07. The van der Waals surface area contributed by atoms with Crippen molar-refractivity contribution >= 4 is 23.8 Å². The smallest absolute Gasteiger partial charge is 0.407 e. The molecule has 4 N–H and O–H groups in total. The first-order valence-electron chi connectivity index (χ1n) is 13.3. The minimum absolute atomic E-state index is 0.0110. The van der Waals surface area contributed by atoms with Gasteiger partial charge in [0.25, 0.3) is 5.91 Å². The lowest BCUT2D eigenvalue weighted by molar-refractivity contribution is 0.0516. The van der Waals surface area contributed by atoms with Gasteiger partial charge in [-0.15, -0.1) is 0 Å². The first-order valence-corrected chi connectivity index (χ1v) is 13.3. The molecule has 11 nitrogen and oxygen atoms in total. The fraction of sp³-hybridized carbons (Fsp3) is 0.233. The molecule has 2 aromatic carbocycles. The fourth-order valence-corrected chi connectivity index (χ4v) is 4.99. The van der Waals surface area contributed by atoms with Gasteiger partial charge in [0.2, 0.25) is 0 Å². The summed E-state index contributed by atoms with van der Waals surface area (Å²) in [5.41, 5.74) is 3.08. The Morgan fingerprint density at radius 2 is 1.78 bits per heavy atom. The molecule has 0 saturated carbocycles. The molecule has 0 spiro atoms. The Bertz CT molecular complexity index is 1570. The molecule has 1 fully saturated rings. The van der Waals surface area contributed by atoms with E-state index in [0.717, 1.165) is 28.6 Å². The molecule has 11 heteroatoms. The maximum atomic E-state index is 13.0. The second-order valence-corrected chi connectivity index (χ2v) is 9.57. The SMILES string of the molecule is CCOC(=O)c1c(-c2ccc(C(=O)Nc3cc(-c4ccccc4)ccn3)cc2)nc([C@@H]2CCCCN2C(=O)O)n1N. The van der Waals surface area contributed by atoms with E-state index in [-0.39, 0.29) is 29.7 Å². The summed E-state index contributed by atoms with van der Waals surface area (Å²) in [4.78, 5) is 48.0. The highest BCUT2D eigenvalue weighted by molar-refractivity contribution is 6.04. The lowest BCUT2D eigenvalue weighted by Crippen LogP contribution is -2.39. The number of aromatic nitrogens is 3. The summed E-state index contributed by atoms with van der Waals surface area (Å²) in [5.74, 6) is 5.99. The van der Waals surface area contributed by atoms with Crippen LogP contribution in [0.5, 0.6) is 0 Å². The quantitative estimate of drug-likeness (QED) is 0.214. The summed E-state index contributed by atoms with van der Waals surface area (Å²) >= 11 is 0. The first kappa shape index (κ1) is 27.4. The Hall–Kier alpha value is -5.19. The van der Waals surface area contributed by atoms with Crippen LogP contribution in [0.3, 0.4) is 0 Å². The number of pyridine rings is 1. The first-order chi connectivity index (χ1) is 19.9. The summed E-state index contributed by atoms with van der Waals surface area (Å²) in [6.45, 7) is 2.16. The van der Waals surface area contributed by atoms with Crippen molar-refractivity contribution < 1.29 is 24.2 Å². The molecule has 2 aromatic heterocycles. The van der Waals surface area contributed by atoms with Crippen molar-refractivity contribution in [2.24, 2.45) is 0 Å².